The molecule has 0 amide bonds. The Balaban J connectivity index is 2.80. The second kappa shape index (κ2) is 3.90. The zero-order valence-electron chi connectivity index (χ0n) is 7.94. The van der Waals surface area contributed by atoms with Crippen LogP contribution in [0.2, 0.25) is 0 Å². The molecule has 2 aromatic rings. The van der Waals surface area contributed by atoms with Crippen LogP contribution < -0.4 is 11.5 Å². The zero-order valence-corrected chi connectivity index (χ0v) is 9.53. The first-order chi connectivity index (χ1) is 7.18. The average Bonchev–Trinajstić information content (AvgIpc) is 2.22. The van der Waals surface area contributed by atoms with Crippen LogP contribution in [0.15, 0.2) is 45.9 Å². The second-order valence-electron chi connectivity index (χ2n) is 3.15. The highest BCUT2D eigenvalue weighted by atomic mass is 79.9. The molecule has 15 heavy (non-hydrogen) atoms. The van der Waals surface area contributed by atoms with Crippen molar-refractivity contribution in [3.8, 4) is 0 Å². The van der Waals surface area contributed by atoms with Gasteiger partial charge in [-0.05, 0) is 27.4 Å². The number of hydrogen-bond acceptors (Lipinski definition) is 1. The van der Waals surface area contributed by atoms with Crippen molar-refractivity contribution in [1.29, 1.82) is 0 Å². The molecule has 76 valence electrons. The summed E-state index contributed by atoms with van der Waals surface area (Å²) in [5, 5.41) is 2.14. The summed E-state index contributed by atoms with van der Waals surface area (Å²) in [4.78, 5) is 4.11. The minimum Gasteiger partial charge on any atom is -0.370 e. The van der Waals surface area contributed by atoms with E-state index in [-0.39, 0.29) is 5.96 Å². The molecular weight excluding hydrogens is 254 g/mol. The summed E-state index contributed by atoms with van der Waals surface area (Å²) in [7, 11) is 0. The van der Waals surface area contributed by atoms with Crippen LogP contribution in [0, 0.1) is 0 Å². The highest BCUT2D eigenvalue weighted by molar-refractivity contribution is 9.10. The quantitative estimate of drug-likeness (QED) is 0.614. The van der Waals surface area contributed by atoms with E-state index in [9.17, 15) is 0 Å². The van der Waals surface area contributed by atoms with Gasteiger partial charge < -0.3 is 11.5 Å². The highest BCUT2D eigenvalue weighted by Crippen LogP contribution is 2.33. The molecule has 0 aliphatic heterocycles. The fraction of sp³-hybridized carbons (Fsp3) is 0. The smallest absolute Gasteiger partial charge is 0.191 e. The van der Waals surface area contributed by atoms with Gasteiger partial charge in [-0.1, -0.05) is 30.3 Å². The molecule has 0 aliphatic carbocycles. The number of nitrogens with zero attached hydrogens (tertiary/aromatic N) is 1. The van der Waals surface area contributed by atoms with Crippen molar-refractivity contribution in [3.05, 3.63) is 40.9 Å². The number of halogens is 1. The number of benzene rings is 2. The SMILES string of the molecule is NC(N)=Nc1c(Br)ccc2ccccc12. The third-order valence-electron chi connectivity index (χ3n) is 2.09. The average molecular weight is 264 g/mol. The Labute approximate surface area is 95.9 Å². The summed E-state index contributed by atoms with van der Waals surface area (Å²) < 4.78 is 0.884. The van der Waals surface area contributed by atoms with E-state index in [2.05, 4.69) is 20.9 Å². The van der Waals surface area contributed by atoms with Crippen molar-refractivity contribution >= 4 is 38.3 Å². The van der Waals surface area contributed by atoms with Crippen molar-refractivity contribution < 1.29 is 0 Å². The number of aliphatic imine (C=N–C) groups is 1. The second-order valence-corrected chi connectivity index (χ2v) is 4.01. The Bertz CT molecular complexity index is 530. The molecule has 0 saturated carbocycles. The first-order valence-corrected chi connectivity index (χ1v) is 5.24. The largest absolute Gasteiger partial charge is 0.370 e. The van der Waals surface area contributed by atoms with Crippen molar-refractivity contribution in [1.82, 2.24) is 0 Å². The normalized spacial score (nSPS) is 10.2. The van der Waals surface area contributed by atoms with Crippen molar-refractivity contribution in [2.45, 2.75) is 0 Å². The van der Waals surface area contributed by atoms with Crippen LogP contribution in [-0.4, -0.2) is 5.96 Å². The van der Waals surface area contributed by atoms with Crippen molar-refractivity contribution in [2.75, 3.05) is 0 Å². The summed E-state index contributed by atoms with van der Waals surface area (Å²) in [6, 6.07) is 11.9. The van der Waals surface area contributed by atoms with Gasteiger partial charge in [-0.3, -0.25) is 0 Å². The minimum absolute atomic E-state index is 0.0621. The number of nitrogens with two attached hydrogens (primary N) is 2. The van der Waals surface area contributed by atoms with Gasteiger partial charge in [-0.15, -0.1) is 0 Å². The van der Waals surface area contributed by atoms with Crippen molar-refractivity contribution in [3.63, 3.8) is 0 Å². The van der Waals surface area contributed by atoms with Gasteiger partial charge >= 0.3 is 0 Å². The van der Waals surface area contributed by atoms with Gasteiger partial charge in [0.05, 0.1) is 5.69 Å². The van der Waals surface area contributed by atoms with Gasteiger partial charge in [0.2, 0.25) is 0 Å². The molecule has 2 rings (SSSR count). The predicted octanol–water partition coefficient (Wildman–Crippen LogP) is 2.51. The van der Waals surface area contributed by atoms with Crippen LogP contribution in [0.3, 0.4) is 0 Å². The van der Waals surface area contributed by atoms with E-state index >= 15 is 0 Å². The maximum Gasteiger partial charge on any atom is 0.191 e. The molecule has 4 N–H and O–H groups in total. The standard InChI is InChI=1S/C11H10BrN3/c12-9-6-5-7-3-1-2-4-8(7)10(9)15-11(13)14/h1-6H,(H4,13,14,15). The third-order valence-corrected chi connectivity index (χ3v) is 2.73. The fourth-order valence-corrected chi connectivity index (χ4v) is 1.91. The molecule has 0 aliphatic rings. The first kappa shape index (κ1) is 9.98. The maximum atomic E-state index is 5.39. The molecule has 0 fully saturated rings. The van der Waals surface area contributed by atoms with Gasteiger partial charge in [0.1, 0.15) is 0 Å². The summed E-state index contributed by atoms with van der Waals surface area (Å²) in [6.07, 6.45) is 0. The van der Waals surface area contributed by atoms with E-state index < -0.39 is 0 Å². The van der Waals surface area contributed by atoms with Gasteiger partial charge in [0, 0.05) is 9.86 Å². The Hall–Kier alpha value is -1.55. The topological polar surface area (TPSA) is 64.4 Å². The first-order valence-electron chi connectivity index (χ1n) is 4.45. The van der Waals surface area contributed by atoms with Gasteiger partial charge in [-0.2, -0.15) is 0 Å². The van der Waals surface area contributed by atoms with E-state index in [0.29, 0.717) is 0 Å². The highest BCUT2D eigenvalue weighted by Gasteiger charge is 2.04. The summed E-state index contributed by atoms with van der Waals surface area (Å²) >= 11 is 3.43. The lowest BCUT2D eigenvalue weighted by Gasteiger charge is -2.04. The minimum atomic E-state index is 0.0621. The molecule has 3 nitrogen and oxygen atoms in total. The number of hydrogen-bond donors (Lipinski definition) is 2. The van der Waals surface area contributed by atoms with E-state index in [1.807, 2.05) is 36.4 Å². The third kappa shape index (κ3) is 1.94. The Kier molecular flexibility index (Phi) is 2.60. The zero-order chi connectivity index (χ0) is 10.8. The molecule has 0 saturated heterocycles. The molecule has 0 aromatic heterocycles. The summed E-state index contributed by atoms with van der Waals surface area (Å²) in [5.74, 6) is 0.0621. The van der Waals surface area contributed by atoms with E-state index in [0.717, 1.165) is 20.9 Å². The van der Waals surface area contributed by atoms with Crippen LogP contribution in [0.5, 0.6) is 0 Å². The molecule has 0 spiro atoms. The van der Waals surface area contributed by atoms with Gasteiger partial charge in [0.25, 0.3) is 0 Å². The van der Waals surface area contributed by atoms with E-state index in [4.69, 9.17) is 11.5 Å². The molecule has 4 heteroatoms. The molecule has 0 unspecified atom stereocenters. The Morgan fingerprint density at radius 1 is 1.07 bits per heavy atom. The lowest BCUT2D eigenvalue weighted by atomic mass is 10.1. The molecular formula is C11H10BrN3. The van der Waals surface area contributed by atoms with Gasteiger partial charge in [0.15, 0.2) is 5.96 Å². The van der Waals surface area contributed by atoms with Crippen molar-refractivity contribution in [2.24, 2.45) is 16.5 Å². The monoisotopic (exact) mass is 263 g/mol. The maximum absolute atomic E-state index is 5.39. The Morgan fingerprint density at radius 2 is 1.80 bits per heavy atom. The molecule has 0 heterocycles. The lowest BCUT2D eigenvalue weighted by Crippen LogP contribution is -2.21. The van der Waals surface area contributed by atoms with Crippen LogP contribution >= 0.6 is 15.9 Å². The van der Waals surface area contributed by atoms with Crippen LogP contribution in [0.4, 0.5) is 5.69 Å². The van der Waals surface area contributed by atoms with Crippen LogP contribution in [0.25, 0.3) is 10.8 Å². The van der Waals surface area contributed by atoms with E-state index in [1.165, 1.54) is 0 Å². The number of guanidine groups is 1. The fourth-order valence-electron chi connectivity index (χ4n) is 1.47. The number of rotatable bonds is 1. The van der Waals surface area contributed by atoms with Crippen LogP contribution in [-0.2, 0) is 0 Å². The molecule has 0 atom stereocenters. The lowest BCUT2D eigenvalue weighted by molar-refractivity contribution is 1.43. The summed E-state index contributed by atoms with van der Waals surface area (Å²) in [6.45, 7) is 0. The molecule has 2 aromatic carbocycles. The van der Waals surface area contributed by atoms with E-state index in [1.54, 1.807) is 0 Å². The molecule has 0 radical (unpaired) electrons. The Morgan fingerprint density at radius 3 is 2.53 bits per heavy atom. The predicted molar refractivity (Wildman–Crippen MR) is 67.1 cm³/mol. The number of fused-ring (bicyclic) bond motifs is 1. The van der Waals surface area contributed by atoms with Gasteiger partial charge in [-0.25, -0.2) is 4.99 Å². The molecule has 0 bridgehead atoms. The van der Waals surface area contributed by atoms with Crippen LogP contribution in [0.1, 0.15) is 0 Å². The summed E-state index contributed by atoms with van der Waals surface area (Å²) in [5.41, 5.74) is 11.6.